The second-order valence-corrected chi connectivity index (χ2v) is 3.63. The number of hydrogen-bond acceptors (Lipinski definition) is 3. The molecule has 0 atom stereocenters. The topological polar surface area (TPSA) is 39.2 Å². The lowest BCUT2D eigenvalue weighted by Crippen LogP contribution is -2.10. The summed E-state index contributed by atoms with van der Waals surface area (Å²) in [5, 5.41) is 0. The highest BCUT2D eigenvalue weighted by atomic mass is 79.9. The van der Waals surface area contributed by atoms with Crippen LogP contribution in [0.2, 0.25) is 0 Å². The van der Waals surface area contributed by atoms with E-state index in [0.717, 1.165) is 7.11 Å². The van der Waals surface area contributed by atoms with Crippen LogP contribution in [0.1, 0.15) is 28.0 Å². The van der Waals surface area contributed by atoms with E-state index in [0.29, 0.717) is 5.56 Å². The lowest BCUT2D eigenvalue weighted by molar-refractivity contribution is 0.0586. The smallest absolute Gasteiger partial charge is 0.340 e. The first kappa shape index (κ1) is 12.0. The van der Waals surface area contributed by atoms with Gasteiger partial charge in [-0.25, -0.2) is 18.6 Å². The van der Waals surface area contributed by atoms with E-state index in [1.807, 2.05) is 0 Å². The number of pyridine rings is 1. The van der Waals surface area contributed by atoms with E-state index in [9.17, 15) is 13.6 Å². The van der Waals surface area contributed by atoms with Crippen LogP contribution in [0.5, 0.6) is 0 Å². The molecule has 0 fully saturated rings. The number of ether oxygens (including phenoxy) is 1. The lowest BCUT2D eigenvalue weighted by Gasteiger charge is -2.09. The Morgan fingerprint density at radius 3 is 2.67 bits per heavy atom. The molecule has 0 aliphatic heterocycles. The van der Waals surface area contributed by atoms with Crippen molar-refractivity contribution < 1.29 is 18.3 Å². The zero-order valence-electron chi connectivity index (χ0n) is 8.05. The predicted octanol–water partition coefficient (Wildman–Crippen LogP) is 2.88. The van der Waals surface area contributed by atoms with Crippen LogP contribution in [0.25, 0.3) is 0 Å². The largest absolute Gasteiger partial charge is 0.465 e. The Balaban J connectivity index is 3.40. The van der Waals surface area contributed by atoms with Crippen molar-refractivity contribution >= 4 is 21.9 Å². The van der Waals surface area contributed by atoms with Gasteiger partial charge < -0.3 is 4.74 Å². The van der Waals surface area contributed by atoms with Crippen molar-refractivity contribution in [1.82, 2.24) is 4.98 Å². The standard InChI is InChI=1S/C9H8BrF2NO2/c1-4-3-5(10)13-7(8(11)12)6(4)9(14)15-2/h3,8H,1-2H3. The van der Waals surface area contributed by atoms with Crippen LogP contribution in [0, 0.1) is 6.92 Å². The van der Waals surface area contributed by atoms with Crippen molar-refractivity contribution in [2.75, 3.05) is 7.11 Å². The fourth-order valence-electron chi connectivity index (χ4n) is 1.18. The minimum absolute atomic E-state index is 0.171. The van der Waals surface area contributed by atoms with E-state index >= 15 is 0 Å². The van der Waals surface area contributed by atoms with Crippen LogP contribution in [0.4, 0.5) is 8.78 Å². The Kier molecular flexibility index (Phi) is 3.73. The summed E-state index contributed by atoms with van der Waals surface area (Å²) in [6.07, 6.45) is -2.81. The first-order chi connectivity index (χ1) is 6.97. The highest BCUT2D eigenvalue weighted by molar-refractivity contribution is 9.10. The summed E-state index contributed by atoms with van der Waals surface area (Å²) in [5.41, 5.74) is -0.330. The molecule has 0 saturated heterocycles. The molecule has 0 aliphatic rings. The molecule has 15 heavy (non-hydrogen) atoms. The van der Waals surface area contributed by atoms with Gasteiger partial charge in [0.05, 0.1) is 12.7 Å². The second kappa shape index (κ2) is 4.65. The zero-order valence-corrected chi connectivity index (χ0v) is 9.64. The van der Waals surface area contributed by atoms with Gasteiger partial charge in [-0.15, -0.1) is 0 Å². The van der Waals surface area contributed by atoms with E-state index in [1.165, 1.54) is 6.07 Å². The van der Waals surface area contributed by atoms with E-state index in [1.54, 1.807) is 6.92 Å². The Bertz CT molecular complexity index is 396. The fraction of sp³-hybridized carbons (Fsp3) is 0.333. The molecule has 0 aromatic carbocycles. The summed E-state index contributed by atoms with van der Waals surface area (Å²) < 4.78 is 29.9. The maximum absolute atomic E-state index is 12.6. The van der Waals surface area contributed by atoms with Gasteiger partial charge in [-0.3, -0.25) is 0 Å². The lowest BCUT2D eigenvalue weighted by atomic mass is 10.1. The van der Waals surface area contributed by atoms with Gasteiger partial charge in [-0.05, 0) is 34.5 Å². The van der Waals surface area contributed by atoms with E-state index in [4.69, 9.17) is 0 Å². The van der Waals surface area contributed by atoms with Gasteiger partial charge in [-0.1, -0.05) is 0 Å². The number of rotatable bonds is 2. The van der Waals surface area contributed by atoms with Crippen LogP contribution in [0.15, 0.2) is 10.7 Å². The molecule has 0 unspecified atom stereocenters. The molecule has 0 amide bonds. The predicted molar refractivity (Wildman–Crippen MR) is 53.0 cm³/mol. The molecule has 0 saturated carbocycles. The molecule has 82 valence electrons. The molecule has 1 aromatic heterocycles. The van der Waals surface area contributed by atoms with Crippen molar-refractivity contribution in [1.29, 1.82) is 0 Å². The number of aromatic nitrogens is 1. The summed E-state index contributed by atoms with van der Waals surface area (Å²) >= 11 is 2.99. The van der Waals surface area contributed by atoms with Crippen LogP contribution in [0.3, 0.4) is 0 Å². The number of methoxy groups -OCH3 is 1. The van der Waals surface area contributed by atoms with Gasteiger partial charge in [0.2, 0.25) is 0 Å². The summed E-state index contributed by atoms with van der Waals surface area (Å²) in [6, 6.07) is 1.48. The van der Waals surface area contributed by atoms with Crippen LogP contribution in [-0.4, -0.2) is 18.1 Å². The molecule has 0 bridgehead atoms. The van der Waals surface area contributed by atoms with Crippen LogP contribution < -0.4 is 0 Å². The van der Waals surface area contributed by atoms with Crippen molar-refractivity contribution in [3.8, 4) is 0 Å². The third kappa shape index (κ3) is 2.50. The van der Waals surface area contributed by atoms with E-state index < -0.39 is 18.1 Å². The van der Waals surface area contributed by atoms with E-state index in [-0.39, 0.29) is 10.2 Å². The monoisotopic (exact) mass is 279 g/mol. The number of halogens is 3. The number of carbonyl (C=O) groups is 1. The maximum Gasteiger partial charge on any atom is 0.340 e. The highest BCUT2D eigenvalue weighted by Crippen LogP contribution is 2.26. The highest BCUT2D eigenvalue weighted by Gasteiger charge is 2.23. The Labute approximate surface area is 93.6 Å². The molecule has 6 heteroatoms. The van der Waals surface area contributed by atoms with Crippen molar-refractivity contribution in [2.24, 2.45) is 0 Å². The quantitative estimate of drug-likeness (QED) is 0.617. The van der Waals surface area contributed by atoms with Gasteiger partial charge in [-0.2, -0.15) is 0 Å². The second-order valence-electron chi connectivity index (χ2n) is 2.81. The summed E-state index contributed by atoms with van der Waals surface area (Å²) in [4.78, 5) is 14.8. The average Bonchev–Trinajstić information content (AvgIpc) is 2.15. The summed E-state index contributed by atoms with van der Waals surface area (Å²) in [6.45, 7) is 1.55. The van der Waals surface area contributed by atoms with Gasteiger partial charge in [0.15, 0.2) is 0 Å². The van der Waals surface area contributed by atoms with Crippen molar-refractivity contribution in [3.63, 3.8) is 0 Å². The zero-order chi connectivity index (χ0) is 11.6. The first-order valence-corrected chi connectivity index (χ1v) is 4.80. The summed E-state index contributed by atoms with van der Waals surface area (Å²) in [5.74, 6) is -0.803. The molecular weight excluding hydrogens is 272 g/mol. The Morgan fingerprint density at radius 1 is 1.60 bits per heavy atom. The molecule has 0 aliphatic carbocycles. The third-order valence-electron chi connectivity index (χ3n) is 1.81. The molecule has 0 radical (unpaired) electrons. The number of alkyl halides is 2. The molecule has 1 heterocycles. The first-order valence-electron chi connectivity index (χ1n) is 4.01. The SMILES string of the molecule is COC(=O)c1c(C)cc(Br)nc1C(F)F. The van der Waals surface area contributed by atoms with Gasteiger partial charge in [0.25, 0.3) is 6.43 Å². The Morgan fingerprint density at radius 2 is 2.20 bits per heavy atom. The minimum atomic E-state index is -2.81. The summed E-state index contributed by atoms with van der Waals surface area (Å²) in [7, 11) is 1.14. The molecule has 3 nitrogen and oxygen atoms in total. The molecule has 0 spiro atoms. The molecular formula is C9H8BrF2NO2. The number of nitrogens with zero attached hydrogens (tertiary/aromatic N) is 1. The maximum atomic E-state index is 12.6. The van der Waals surface area contributed by atoms with Crippen LogP contribution in [-0.2, 0) is 4.74 Å². The molecule has 1 aromatic rings. The average molecular weight is 280 g/mol. The van der Waals surface area contributed by atoms with Gasteiger partial charge in [0.1, 0.15) is 10.3 Å². The fourth-order valence-corrected chi connectivity index (χ4v) is 1.72. The molecule has 0 N–H and O–H groups in total. The normalized spacial score (nSPS) is 10.5. The van der Waals surface area contributed by atoms with Crippen molar-refractivity contribution in [3.05, 3.63) is 27.5 Å². The van der Waals surface area contributed by atoms with Crippen molar-refractivity contribution in [2.45, 2.75) is 13.3 Å². The number of esters is 1. The third-order valence-corrected chi connectivity index (χ3v) is 2.22. The minimum Gasteiger partial charge on any atom is -0.465 e. The number of carbonyl (C=O) groups excluding carboxylic acids is 1. The molecule has 1 rings (SSSR count). The Hall–Kier alpha value is -1.04. The van der Waals surface area contributed by atoms with E-state index in [2.05, 4.69) is 25.7 Å². The van der Waals surface area contributed by atoms with Gasteiger partial charge >= 0.3 is 5.97 Å². The number of hydrogen-bond donors (Lipinski definition) is 0. The van der Waals surface area contributed by atoms with Gasteiger partial charge in [0, 0.05) is 0 Å². The number of aryl methyl sites for hydroxylation is 1. The van der Waals surface area contributed by atoms with Crippen LogP contribution >= 0.6 is 15.9 Å².